The van der Waals surface area contributed by atoms with Crippen LogP contribution in [-0.2, 0) is 9.47 Å². The van der Waals surface area contributed by atoms with Crippen molar-refractivity contribution in [2.45, 2.75) is 44.6 Å². The number of carbonyl (C=O) groups is 1. The van der Waals surface area contributed by atoms with E-state index in [1.165, 1.54) is 25.6 Å². The number of hydrogen-bond donors (Lipinski definition) is 0. The maximum absolute atomic E-state index is 12.8. The second kappa shape index (κ2) is 7.38. The number of likely N-dealkylation sites (tertiary alicyclic amines) is 1. The topological polar surface area (TPSA) is 64.6 Å². The molecule has 1 aromatic rings. The molecule has 2 atom stereocenters. The zero-order valence-corrected chi connectivity index (χ0v) is 14.7. The molecule has 0 unspecified atom stereocenters. The van der Waals surface area contributed by atoms with Gasteiger partial charge in [-0.15, -0.1) is 0 Å². The first-order valence-electron chi connectivity index (χ1n) is 9.51. The predicted octanol–water partition coefficient (Wildman–Crippen LogP) is 2.30. The molecule has 2 aliphatic heterocycles. The zero-order valence-electron chi connectivity index (χ0n) is 14.7. The number of nitrogens with zero attached hydrogens (tertiary/aromatic N) is 3. The van der Waals surface area contributed by atoms with Crippen LogP contribution in [0.4, 0.5) is 0 Å². The first-order valence-corrected chi connectivity index (χ1v) is 9.51. The van der Waals surface area contributed by atoms with E-state index in [0.29, 0.717) is 18.8 Å². The van der Waals surface area contributed by atoms with Crippen LogP contribution in [-0.4, -0.2) is 59.8 Å². The van der Waals surface area contributed by atoms with Gasteiger partial charge in [-0.2, -0.15) is 0 Å². The summed E-state index contributed by atoms with van der Waals surface area (Å²) in [5, 5.41) is 0. The molecule has 1 aliphatic carbocycles. The molecule has 3 heterocycles. The van der Waals surface area contributed by atoms with Crippen LogP contribution in [0, 0.1) is 11.3 Å². The van der Waals surface area contributed by atoms with Crippen LogP contribution < -0.4 is 0 Å². The molecule has 6 heteroatoms. The Morgan fingerprint density at radius 3 is 3.04 bits per heavy atom. The molecule has 136 valence electrons. The van der Waals surface area contributed by atoms with E-state index in [9.17, 15) is 4.79 Å². The lowest BCUT2D eigenvalue weighted by atomic mass is 9.73. The third kappa shape index (κ3) is 3.55. The number of carbonyl (C=O) groups excluding carboxylic acids is 1. The molecule has 4 rings (SSSR count). The van der Waals surface area contributed by atoms with Crippen molar-refractivity contribution in [2.75, 3.05) is 32.9 Å². The molecule has 3 aliphatic rings. The van der Waals surface area contributed by atoms with Crippen molar-refractivity contribution in [1.29, 1.82) is 0 Å². The van der Waals surface area contributed by atoms with Crippen LogP contribution >= 0.6 is 0 Å². The summed E-state index contributed by atoms with van der Waals surface area (Å²) < 4.78 is 12.2. The first kappa shape index (κ1) is 16.9. The summed E-state index contributed by atoms with van der Waals surface area (Å²) in [6.07, 6.45) is 10.2. The van der Waals surface area contributed by atoms with E-state index >= 15 is 0 Å². The number of aromatic nitrogens is 2. The Morgan fingerprint density at radius 2 is 2.28 bits per heavy atom. The minimum absolute atomic E-state index is 0.00945. The molecule has 1 amide bonds. The largest absolute Gasteiger partial charge is 0.380 e. The fourth-order valence-corrected chi connectivity index (χ4v) is 4.34. The average molecular weight is 345 g/mol. The van der Waals surface area contributed by atoms with Crippen molar-refractivity contribution in [2.24, 2.45) is 11.3 Å². The molecule has 2 saturated heterocycles. The lowest BCUT2D eigenvalue weighted by Crippen LogP contribution is -2.58. The van der Waals surface area contributed by atoms with Crippen LogP contribution in [0.5, 0.6) is 0 Å². The molecule has 1 saturated carbocycles. The molecule has 6 nitrogen and oxygen atoms in total. The first-order chi connectivity index (χ1) is 12.3. The molecule has 0 N–H and O–H groups in total. The van der Waals surface area contributed by atoms with Crippen LogP contribution in [0.1, 0.15) is 49.0 Å². The van der Waals surface area contributed by atoms with Gasteiger partial charge in [-0.1, -0.05) is 6.42 Å². The normalized spacial score (nSPS) is 29.8. The van der Waals surface area contributed by atoms with Gasteiger partial charge in [0.25, 0.3) is 5.91 Å². The lowest BCUT2D eigenvalue weighted by molar-refractivity contribution is -0.150. The summed E-state index contributed by atoms with van der Waals surface area (Å²) in [5.74, 6) is 0.728. The number of rotatable bonds is 5. The fourth-order valence-electron chi connectivity index (χ4n) is 4.34. The molecular formula is C19H27N3O3. The van der Waals surface area contributed by atoms with Crippen molar-refractivity contribution < 1.29 is 14.3 Å². The average Bonchev–Trinajstić information content (AvgIpc) is 2.63. The minimum atomic E-state index is -0.0665. The highest BCUT2D eigenvalue weighted by Gasteiger charge is 2.47. The molecule has 0 bridgehead atoms. The Morgan fingerprint density at radius 1 is 1.36 bits per heavy atom. The van der Waals surface area contributed by atoms with E-state index in [-0.39, 0.29) is 17.4 Å². The van der Waals surface area contributed by atoms with Gasteiger partial charge in [0.1, 0.15) is 12.0 Å². The second-order valence-corrected chi connectivity index (χ2v) is 7.75. The van der Waals surface area contributed by atoms with Crippen molar-refractivity contribution in [3.8, 4) is 0 Å². The summed E-state index contributed by atoms with van der Waals surface area (Å²) >= 11 is 0. The highest BCUT2D eigenvalue weighted by Crippen LogP contribution is 2.41. The van der Waals surface area contributed by atoms with Crippen LogP contribution in [0.3, 0.4) is 0 Å². The molecule has 0 aromatic carbocycles. The number of amides is 1. The maximum atomic E-state index is 12.8. The summed E-state index contributed by atoms with van der Waals surface area (Å²) in [4.78, 5) is 22.8. The summed E-state index contributed by atoms with van der Waals surface area (Å²) in [6.45, 7) is 3.80. The monoisotopic (exact) mass is 345 g/mol. The highest BCUT2D eigenvalue weighted by molar-refractivity contribution is 5.92. The van der Waals surface area contributed by atoms with Crippen molar-refractivity contribution in [3.63, 3.8) is 0 Å². The Labute approximate surface area is 148 Å². The predicted molar refractivity (Wildman–Crippen MR) is 92.1 cm³/mol. The van der Waals surface area contributed by atoms with Gasteiger partial charge >= 0.3 is 0 Å². The van der Waals surface area contributed by atoms with Gasteiger partial charge in [0.15, 0.2) is 0 Å². The summed E-state index contributed by atoms with van der Waals surface area (Å²) in [7, 11) is 0. The highest BCUT2D eigenvalue weighted by atomic mass is 16.5. The number of piperidine rings is 1. The van der Waals surface area contributed by atoms with Gasteiger partial charge in [0.05, 0.1) is 12.7 Å². The maximum Gasteiger partial charge on any atom is 0.272 e. The Kier molecular flexibility index (Phi) is 4.99. The summed E-state index contributed by atoms with van der Waals surface area (Å²) in [6, 6.07) is 1.69. The number of hydrogen-bond acceptors (Lipinski definition) is 5. The molecule has 0 radical (unpaired) electrons. The van der Waals surface area contributed by atoms with E-state index in [2.05, 4.69) is 9.97 Å². The van der Waals surface area contributed by atoms with E-state index in [1.54, 1.807) is 12.3 Å². The van der Waals surface area contributed by atoms with Gasteiger partial charge < -0.3 is 14.4 Å². The van der Waals surface area contributed by atoms with Crippen LogP contribution in [0.15, 0.2) is 18.6 Å². The Bertz CT molecular complexity index is 593. The van der Waals surface area contributed by atoms with Gasteiger partial charge in [-0.25, -0.2) is 9.97 Å². The van der Waals surface area contributed by atoms with Crippen LogP contribution in [0.25, 0.3) is 0 Å². The van der Waals surface area contributed by atoms with E-state index in [0.717, 1.165) is 44.9 Å². The lowest BCUT2D eigenvalue weighted by Gasteiger charge is -2.50. The summed E-state index contributed by atoms with van der Waals surface area (Å²) in [5.41, 5.74) is 0.402. The van der Waals surface area contributed by atoms with E-state index in [1.807, 2.05) is 4.90 Å². The Hall–Kier alpha value is -1.53. The second-order valence-electron chi connectivity index (χ2n) is 7.75. The zero-order chi connectivity index (χ0) is 17.1. The SMILES string of the molecule is O=C(c1ccncn1)N1CC[C@H]2OCCC[C@]2(COCC2CCC2)C1. The minimum Gasteiger partial charge on any atom is -0.380 e. The molecule has 1 aromatic heterocycles. The van der Waals surface area contributed by atoms with Gasteiger partial charge in [0, 0.05) is 37.9 Å². The fraction of sp³-hybridized carbons (Fsp3) is 0.737. The van der Waals surface area contributed by atoms with Gasteiger partial charge in [0.2, 0.25) is 0 Å². The standard InChI is InChI=1S/C19H27N3O3/c23-18(16-5-8-20-14-21-16)22-9-6-17-19(12-22,7-2-10-25-17)13-24-11-15-3-1-4-15/h5,8,14-15,17H,1-4,6-7,9-13H2/t17-,19-/m1/s1. The van der Waals surface area contributed by atoms with Gasteiger partial charge in [-0.05, 0) is 44.1 Å². The molecular weight excluding hydrogens is 318 g/mol. The van der Waals surface area contributed by atoms with Crippen molar-refractivity contribution in [3.05, 3.63) is 24.3 Å². The number of ether oxygens (including phenoxy) is 2. The van der Waals surface area contributed by atoms with E-state index in [4.69, 9.17) is 9.47 Å². The quantitative estimate of drug-likeness (QED) is 0.819. The van der Waals surface area contributed by atoms with E-state index < -0.39 is 0 Å². The molecule has 0 spiro atoms. The molecule has 3 fully saturated rings. The number of fused-ring (bicyclic) bond motifs is 1. The van der Waals surface area contributed by atoms with Gasteiger partial charge in [-0.3, -0.25) is 4.79 Å². The smallest absolute Gasteiger partial charge is 0.272 e. The van der Waals surface area contributed by atoms with Crippen molar-refractivity contribution in [1.82, 2.24) is 14.9 Å². The third-order valence-electron chi connectivity index (χ3n) is 6.04. The van der Waals surface area contributed by atoms with Crippen LogP contribution in [0.2, 0.25) is 0 Å². The third-order valence-corrected chi connectivity index (χ3v) is 6.04. The van der Waals surface area contributed by atoms with Crippen molar-refractivity contribution >= 4 is 5.91 Å². The molecule has 25 heavy (non-hydrogen) atoms. The Balaban J connectivity index is 1.44.